The van der Waals surface area contributed by atoms with E-state index in [4.69, 9.17) is 0 Å². The van der Waals surface area contributed by atoms with Crippen LogP contribution in [0.15, 0.2) is 40.6 Å². The Hall–Kier alpha value is -2.19. The summed E-state index contributed by atoms with van der Waals surface area (Å²) in [5.41, 5.74) is 2.61. The van der Waals surface area contributed by atoms with Crippen LogP contribution in [0.2, 0.25) is 0 Å². The van der Waals surface area contributed by atoms with Gasteiger partial charge in [0.1, 0.15) is 4.21 Å². The fourth-order valence-electron chi connectivity index (χ4n) is 3.99. The van der Waals surface area contributed by atoms with Crippen LogP contribution in [0.1, 0.15) is 33.6 Å². The first-order valence-corrected chi connectivity index (χ1v) is 12.0. The first kappa shape index (κ1) is 19.1. The molecule has 148 valence electrons. The number of carbonyl (C=O) groups excluding carboxylic acids is 2. The molecule has 2 heterocycles. The van der Waals surface area contributed by atoms with Gasteiger partial charge in [0.05, 0.1) is 4.88 Å². The van der Waals surface area contributed by atoms with Gasteiger partial charge in [0.25, 0.3) is 5.91 Å². The molecule has 0 saturated carbocycles. The molecule has 4 rings (SSSR count). The molecule has 0 unspecified atom stereocenters. The highest BCUT2D eigenvalue weighted by Crippen LogP contribution is 2.30. The van der Waals surface area contributed by atoms with Crippen LogP contribution in [-0.4, -0.2) is 49.6 Å². The van der Waals surface area contributed by atoms with Crippen LogP contribution >= 0.6 is 11.3 Å². The van der Waals surface area contributed by atoms with Crippen molar-refractivity contribution < 1.29 is 18.0 Å². The maximum absolute atomic E-state index is 12.9. The lowest BCUT2D eigenvalue weighted by molar-refractivity contribution is -0.141. The van der Waals surface area contributed by atoms with E-state index in [0.717, 1.165) is 36.9 Å². The van der Waals surface area contributed by atoms with E-state index >= 15 is 0 Å². The van der Waals surface area contributed by atoms with Crippen molar-refractivity contribution in [1.29, 1.82) is 0 Å². The summed E-state index contributed by atoms with van der Waals surface area (Å²) in [6.45, 7) is 0.996. The van der Waals surface area contributed by atoms with Gasteiger partial charge in [-0.05, 0) is 48.4 Å². The third-order valence-electron chi connectivity index (χ3n) is 5.31. The second-order valence-electron chi connectivity index (χ2n) is 7.44. The van der Waals surface area contributed by atoms with Gasteiger partial charge < -0.3 is 0 Å². The van der Waals surface area contributed by atoms with Gasteiger partial charge in [0.15, 0.2) is 9.84 Å². The molecule has 6 nitrogen and oxygen atoms in total. The molecule has 0 radical (unpaired) electrons. The van der Waals surface area contributed by atoms with Crippen molar-refractivity contribution in [1.82, 2.24) is 10.0 Å². The maximum Gasteiger partial charge on any atom is 0.282 e. The molecule has 28 heavy (non-hydrogen) atoms. The Morgan fingerprint density at radius 2 is 1.68 bits per heavy atom. The highest BCUT2D eigenvalue weighted by atomic mass is 32.2. The van der Waals surface area contributed by atoms with E-state index in [9.17, 15) is 18.0 Å². The molecule has 0 spiro atoms. The lowest BCUT2D eigenvalue weighted by atomic mass is 10.0. The summed E-state index contributed by atoms with van der Waals surface area (Å²) in [4.78, 5) is 26.1. The van der Waals surface area contributed by atoms with Gasteiger partial charge in [-0.1, -0.05) is 24.3 Å². The van der Waals surface area contributed by atoms with Crippen LogP contribution in [0.25, 0.3) is 0 Å². The third-order valence-corrected chi connectivity index (χ3v) is 8.20. The second kappa shape index (κ2) is 7.33. The van der Waals surface area contributed by atoms with Gasteiger partial charge in [0, 0.05) is 25.8 Å². The Labute approximate surface area is 168 Å². The first-order chi connectivity index (χ1) is 13.3. The van der Waals surface area contributed by atoms with Crippen molar-refractivity contribution >= 4 is 33.0 Å². The monoisotopic (exact) mass is 418 g/mol. The van der Waals surface area contributed by atoms with E-state index in [1.54, 1.807) is 5.01 Å². The third kappa shape index (κ3) is 3.71. The summed E-state index contributed by atoms with van der Waals surface area (Å²) in [5.74, 6) is -0.0787. The number of fused-ring (bicyclic) bond motifs is 1. The van der Waals surface area contributed by atoms with Crippen LogP contribution in [0, 0.1) is 5.92 Å². The molecule has 1 aromatic heterocycles. The molecule has 1 saturated heterocycles. The molecular weight excluding hydrogens is 396 g/mol. The Balaban J connectivity index is 1.44. The summed E-state index contributed by atoms with van der Waals surface area (Å²) >= 11 is 0.956. The van der Waals surface area contributed by atoms with Crippen LogP contribution in [0.4, 0.5) is 0 Å². The lowest BCUT2D eigenvalue weighted by Crippen LogP contribution is -2.45. The van der Waals surface area contributed by atoms with Crippen molar-refractivity contribution in [2.45, 2.75) is 29.9 Å². The van der Waals surface area contributed by atoms with Crippen LogP contribution < -0.4 is 0 Å². The topological polar surface area (TPSA) is 74.8 Å². The van der Waals surface area contributed by atoms with E-state index in [2.05, 4.69) is 12.1 Å². The van der Waals surface area contributed by atoms with Crippen molar-refractivity contribution in [2.24, 2.45) is 5.92 Å². The van der Waals surface area contributed by atoms with Crippen LogP contribution in [-0.2, 0) is 27.5 Å². The molecule has 0 atom stereocenters. The number of nitrogens with zero attached hydrogens (tertiary/aromatic N) is 2. The summed E-state index contributed by atoms with van der Waals surface area (Å²) in [6, 6.07) is 11.2. The number of hydrogen-bond donors (Lipinski definition) is 0. The second-order valence-corrected chi connectivity index (χ2v) is 10.8. The van der Waals surface area contributed by atoms with Crippen molar-refractivity contribution in [3.8, 4) is 0 Å². The largest absolute Gasteiger partial charge is 0.282 e. The van der Waals surface area contributed by atoms with Gasteiger partial charge in [-0.2, -0.15) is 0 Å². The Morgan fingerprint density at radius 1 is 1.04 bits per heavy atom. The maximum atomic E-state index is 12.9. The predicted molar refractivity (Wildman–Crippen MR) is 107 cm³/mol. The number of amides is 2. The van der Waals surface area contributed by atoms with Gasteiger partial charge in [-0.3, -0.25) is 14.6 Å². The minimum absolute atomic E-state index is 0.0384. The standard InChI is InChI=1S/C20H22N2O4S2/c1-28(25,26)19-8-7-17(27-19)20(24)22-10-4-9-21(22)18(23)13-14-11-15-5-2-3-6-16(15)12-14/h2-3,5-8,14H,4,9-13H2,1H3. The lowest BCUT2D eigenvalue weighted by Gasteiger charge is -2.28. The van der Waals surface area contributed by atoms with E-state index in [0.29, 0.717) is 24.4 Å². The Bertz CT molecular complexity index is 1000. The molecule has 0 bridgehead atoms. The number of rotatable bonds is 4. The fraction of sp³-hybridized carbons (Fsp3) is 0.400. The fourth-order valence-corrected chi connectivity index (χ4v) is 5.86. The smallest absolute Gasteiger partial charge is 0.273 e. The van der Waals surface area contributed by atoms with Crippen molar-refractivity contribution in [3.05, 3.63) is 52.4 Å². The number of carbonyl (C=O) groups is 2. The van der Waals surface area contributed by atoms with E-state index in [-0.39, 0.29) is 21.9 Å². The normalized spacial score (nSPS) is 17.2. The van der Waals surface area contributed by atoms with Crippen molar-refractivity contribution in [3.63, 3.8) is 0 Å². The van der Waals surface area contributed by atoms with Gasteiger partial charge in [-0.25, -0.2) is 13.4 Å². The van der Waals surface area contributed by atoms with Gasteiger partial charge in [0.2, 0.25) is 5.91 Å². The Kier molecular flexibility index (Phi) is 5.01. The zero-order valence-electron chi connectivity index (χ0n) is 15.6. The van der Waals surface area contributed by atoms with E-state index < -0.39 is 9.84 Å². The minimum atomic E-state index is -3.34. The SMILES string of the molecule is CS(=O)(=O)c1ccc(C(=O)N2CCCN2C(=O)CC2Cc3ccccc3C2)s1. The zero-order chi connectivity index (χ0) is 19.9. The minimum Gasteiger partial charge on any atom is -0.273 e. The molecule has 0 N–H and O–H groups in total. The molecule has 2 amide bonds. The number of benzene rings is 1. The average molecular weight is 419 g/mol. The van der Waals surface area contributed by atoms with Crippen molar-refractivity contribution in [2.75, 3.05) is 19.3 Å². The van der Waals surface area contributed by atoms with E-state index in [1.807, 2.05) is 12.1 Å². The first-order valence-electron chi connectivity index (χ1n) is 9.32. The van der Waals surface area contributed by atoms with Gasteiger partial charge >= 0.3 is 0 Å². The quantitative estimate of drug-likeness (QED) is 0.765. The number of hydrogen-bond acceptors (Lipinski definition) is 5. The number of sulfone groups is 1. The summed E-state index contributed by atoms with van der Waals surface area (Å²) in [5, 5.41) is 3.02. The van der Waals surface area contributed by atoms with Crippen LogP contribution in [0.5, 0.6) is 0 Å². The summed E-state index contributed by atoms with van der Waals surface area (Å²) < 4.78 is 23.5. The highest BCUT2D eigenvalue weighted by molar-refractivity contribution is 7.92. The average Bonchev–Trinajstić information content (AvgIpc) is 3.38. The Morgan fingerprint density at radius 3 is 2.29 bits per heavy atom. The van der Waals surface area contributed by atoms with Gasteiger partial charge in [-0.15, -0.1) is 11.3 Å². The molecule has 8 heteroatoms. The molecule has 1 fully saturated rings. The van der Waals surface area contributed by atoms with Crippen LogP contribution in [0.3, 0.4) is 0 Å². The highest BCUT2D eigenvalue weighted by Gasteiger charge is 2.34. The molecule has 1 aliphatic heterocycles. The summed E-state index contributed by atoms with van der Waals surface area (Å²) in [7, 11) is -3.34. The summed E-state index contributed by atoms with van der Waals surface area (Å²) in [6.07, 6.45) is 4.06. The molecule has 2 aliphatic rings. The predicted octanol–water partition coefficient (Wildman–Crippen LogP) is 2.55. The molecule has 1 aromatic carbocycles. The zero-order valence-corrected chi connectivity index (χ0v) is 17.3. The molecular formula is C20H22N2O4S2. The number of hydrazine groups is 1. The molecule has 1 aliphatic carbocycles. The number of thiophene rings is 1. The molecule has 2 aromatic rings. The van der Waals surface area contributed by atoms with E-state index in [1.165, 1.54) is 28.3 Å².